The van der Waals surface area contributed by atoms with Crippen molar-refractivity contribution >= 4 is 17.3 Å². The Labute approximate surface area is 108 Å². The van der Waals surface area contributed by atoms with E-state index in [9.17, 15) is 4.79 Å². The molecular weight excluding hydrogens is 224 g/mol. The molecule has 3 rings (SSSR count). The molecule has 3 nitrogen and oxygen atoms in total. The van der Waals surface area contributed by atoms with Crippen molar-refractivity contribution in [3.8, 4) is 0 Å². The van der Waals surface area contributed by atoms with E-state index in [2.05, 4.69) is 5.32 Å². The Balaban J connectivity index is 1.71. The second kappa shape index (κ2) is 4.30. The van der Waals surface area contributed by atoms with Crippen molar-refractivity contribution in [3.05, 3.63) is 23.8 Å². The first kappa shape index (κ1) is 11.6. The highest BCUT2D eigenvalue weighted by Crippen LogP contribution is 2.48. The van der Waals surface area contributed by atoms with E-state index >= 15 is 0 Å². The number of hydrogen-bond donors (Lipinski definition) is 2. The standard InChI is InChI=1S/C15H20N2O/c1-9-2-5-14(13(16)6-9)17-15(18)12-8-10-3-4-11(12)7-10/h2,5-6,10-12H,3-4,7-8,16H2,1H3,(H,17,18). The van der Waals surface area contributed by atoms with Gasteiger partial charge in [0.25, 0.3) is 0 Å². The van der Waals surface area contributed by atoms with Crippen molar-refractivity contribution in [1.82, 2.24) is 0 Å². The summed E-state index contributed by atoms with van der Waals surface area (Å²) in [4.78, 5) is 12.3. The lowest BCUT2D eigenvalue weighted by Crippen LogP contribution is -2.27. The van der Waals surface area contributed by atoms with Crippen LogP contribution < -0.4 is 11.1 Å². The number of rotatable bonds is 2. The number of anilines is 2. The van der Waals surface area contributed by atoms with Crippen LogP contribution in [0.3, 0.4) is 0 Å². The molecular formula is C15H20N2O. The third-order valence-corrected chi connectivity index (χ3v) is 4.54. The Morgan fingerprint density at radius 2 is 2.17 bits per heavy atom. The molecule has 0 saturated heterocycles. The molecule has 2 bridgehead atoms. The van der Waals surface area contributed by atoms with Crippen molar-refractivity contribution in [2.24, 2.45) is 17.8 Å². The Hall–Kier alpha value is -1.51. The topological polar surface area (TPSA) is 55.1 Å². The fourth-order valence-electron chi connectivity index (χ4n) is 3.59. The zero-order chi connectivity index (χ0) is 12.7. The molecule has 18 heavy (non-hydrogen) atoms. The molecule has 0 aliphatic heterocycles. The fourth-order valence-corrected chi connectivity index (χ4v) is 3.59. The van der Waals surface area contributed by atoms with Crippen molar-refractivity contribution in [2.45, 2.75) is 32.6 Å². The number of amides is 1. The summed E-state index contributed by atoms with van der Waals surface area (Å²) in [5, 5.41) is 3.00. The summed E-state index contributed by atoms with van der Waals surface area (Å²) < 4.78 is 0. The Morgan fingerprint density at radius 3 is 2.78 bits per heavy atom. The lowest BCUT2D eigenvalue weighted by Gasteiger charge is -2.21. The van der Waals surface area contributed by atoms with E-state index in [4.69, 9.17) is 5.73 Å². The van der Waals surface area contributed by atoms with Crippen LogP contribution >= 0.6 is 0 Å². The van der Waals surface area contributed by atoms with Crippen LogP contribution in [0.15, 0.2) is 18.2 Å². The molecule has 0 spiro atoms. The number of carbonyl (C=O) groups is 1. The van der Waals surface area contributed by atoms with Gasteiger partial charge in [-0.2, -0.15) is 0 Å². The minimum Gasteiger partial charge on any atom is -0.397 e. The van der Waals surface area contributed by atoms with Gasteiger partial charge in [-0.05, 0) is 55.7 Å². The van der Waals surface area contributed by atoms with E-state index in [1.807, 2.05) is 25.1 Å². The van der Waals surface area contributed by atoms with Crippen molar-refractivity contribution < 1.29 is 4.79 Å². The summed E-state index contributed by atoms with van der Waals surface area (Å²) in [5.41, 5.74) is 8.46. The van der Waals surface area contributed by atoms with Gasteiger partial charge in [-0.15, -0.1) is 0 Å². The lowest BCUT2D eigenvalue weighted by atomic mass is 9.88. The van der Waals surface area contributed by atoms with Crippen LogP contribution in [-0.4, -0.2) is 5.91 Å². The van der Waals surface area contributed by atoms with Gasteiger partial charge in [0.1, 0.15) is 0 Å². The Bertz CT molecular complexity index is 483. The van der Waals surface area contributed by atoms with Gasteiger partial charge >= 0.3 is 0 Å². The van der Waals surface area contributed by atoms with Gasteiger partial charge in [-0.25, -0.2) is 0 Å². The number of nitrogens with one attached hydrogen (secondary N) is 1. The van der Waals surface area contributed by atoms with Crippen molar-refractivity contribution in [2.75, 3.05) is 11.1 Å². The monoisotopic (exact) mass is 244 g/mol. The van der Waals surface area contributed by atoms with Gasteiger partial charge in [0.2, 0.25) is 5.91 Å². The summed E-state index contributed by atoms with van der Waals surface area (Å²) in [6.45, 7) is 2.00. The highest BCUT2D eigenvalue weighted by Gasteiger charge is 2.43. The minimum atomic E-state index is 0.165. The van der Waals surface area contributed by atoms with Gasteiger partial charge in [0, 0.05) is 5.92 Å². The fraction of sp³-hybridized carbons (Fsp3) is 0.533. The van der Waals surface area contributed by atoms with Crippen LogP contribution in [-0.2, 0) is 4.79 Å². The molecule has 1 aromatic carbocycles. The SMILES string of the molecule is Cc1ccc(NC(=O)C2CC3CCC2C3)c(N)c1. The molecule has 0 aromatic heterocycles. The van der Waals surface area contributed by atoms with Crippen molar-refractivity contribution in [3.63, 3.8) is 0 Å². The molecule has 0 heterocycles. The van der Waals surface area contributed by atoms with Crippen LogP contribution in [0.5, 0.6) is 0 Å². The first-order valence-corrected chi connectivity index (χ1v) is 6.80. The van der Waals surface area contributed by atoms with Crippen LogP contribution in [0, 0.1) is 24.7 Å². The molecule has 2 fully saturated rings. The minimum absolute atomic E-state index is 0.165. The third kappa shape index (κ3) is 1.98. The smallest absolute Gasteiger partial charge is 0.227 e. The number of nitrogen functional groups attached to an aromatic ring is 1. The van der Waals surface area contributed by atoms with E-state index in [0.29, 0.717) is 11.6 Å². The van der Waals surface area contributed by atoms with Gasteiger partial charge in [-0.1, -0.05) is 12.5 Å². The zero-order valence-corrected chi connectivity index (χ0v) is 10.8. The first-order valence-electron chi connectivity index (χ1n) is 6.80. The maximum atomic E-state index is 12.3. The molecule has 96 valence electrons. The van der Waals surface area contributed by atoms with E-state index in [1.54, 1.807) is 0 Å². The molecule has 2 aliphatic carbocycles. The molecule has 1 aromatic rings. The Morgan fingerprint density at radius 1 is 1.33 bits per heavy atom. The maximum absolute atomic E-state index is 12.3. The Kier molecular flexibility index (Phi) is 2.77. The van der Waals surface area contributed by atoms with E-state index in [-0.39, 0.29) is 11.8 Å². The second-order valence-electron chi connectivity index (χ2n) is 5.86. The molecule has 3 atom stereocenters. The molecule has 3 N–H and O–H groups in total. The van der Waals surface area contributed by atoms with Crippen molar-refractivity contribution in [1.29, 1.82) is 0 Å². The normalized spacial score (nSPS) is 29.5. The first-order chi connectivity index (χ1) is 8.63. The summed E-state index contributed by atoms with van der Waals surface area (Å²) in [6, 6.07) is 5.78. The van der Waals surface area contributed by atoms with E-state index in [0.717, 1.165) is 23.6 Å². The molecule has 1 amide bonds. The number of carbonyl (C=O) groups excluding carboxylic acids is 1. The summed E-state index contributed by atoms with van der Waals surface area (Å²) in [6.07, 6.45) is 4.87. The maximum Gasteiger partial charge on any atom is 0.227 e. The predicted molar refractivity (Wildman–Crippen MR) is 73.2 cm³/mol. The summed E-state index contributed by atoms with van der Waals surface area (Å²) in [5.74, 6) is 1.78. The molecule has 3 heteroatoms. The number of hydrogen-bond acceptors (Lipinski definition) is 2. The quantitative estimate of drug-likeness (QED) is 0.786. The van der Waals surface area contributed by atoms with Crippen LogP contribution in [0.1, 0.15) is 31.2 Å². The van der Waals surface area contributed by atoms with Crippen LogP contribution in [0.25, 0.3) is 0 Å². The van der Waals surface area contributed by atoms with Crippen LogP contribution in [0.2, 0.25) is 0 Å². The van der Waals surface area contributed by atoms with Gasteiger partial charge in [0.15, 0.2) is 0 Å². The lowest BCUT2D eigenvalue weighted by molar-refractivity contribution is -0.121. The molecule has 3 unspecified atom stereocenters. The zero-order valence-electron chi connectivity index (χ0n) is 10.8. The molecule has 2 aliphatic rings. The highest BCUT2D eigenvalue weighted by atomic mass is 16.1. The summed E-state index contributed by atoms with van der Waals surface area (Å²) >= 11 is 0. The molecule has 0 radical (unpaired) electrons. The van der Waals surface area contributed by atoms with Gasteiger partial charge in [0.05, 0.1) is 11.4 Å². The number of aryl methyl sites for hydroxylation is 1. The van der Waals surface area contributed by atoms with Crippen LogP contribution in [0.4, 0.5) is 11.4 Å². The summed E-state index contributed by atoms with van der Waals surface area (Å²) in [7, 11) is 0. The second-order valence-corrected chi connectivity index (χ2v) is 5.86. The molecule has 2 saturated carbocycles. The van der Waals surface area contributed by atoms with Gasteiger partial charge < -0.3 is 11.1 Å². The predicted octanol–water partition coefficient (Wildman–Crippen LogP) is 2.95. The number of fused-ring (bicyclic) bond motifs is 2. The van der Waals surface area contributed by atoms with Gasteiger partial charge in [-0.3, -0.25) is 4.79 Å². The third-order valence-electron chi connectivity index (χ3n) is 4.54. The highest BCUT2D eigenvalue weighted by molar-refractivity contribution is 5.95. The van der Waals surface area contributed by atoms with E-state index in [1.165, 1.54) is 19.3 Å². The average Bonchev–Trinajstić information content (AvgIpc) is 2.94. The number of nitrogens with two attached hydrogens (primary N) is 1. The average molecular weight is 244 g/mol. The largest absolute Gasteiger partial charge is 0.397 e. The van der Waals surface area contributed by atoms with E-state index < -0.39 is 0 Å². The number of benzene rings is 1.